The van der Waals surface area contributed by atoms with Crippen LogP contribution in [0.5, 0.6) is 0 Å². The minimum atomic E-state index is -0.523. The van der Waals surface area contributed by atoms with Crippen LogP contribution in [0.25, 0.3) is 0 Å². The predicted molar refractivity (Wildman–Crippen MR) is 67.0 cm³/mol. The summed E-state index contributed by atoms with van der Waals surface area (Å²) < 4.78 is 0. The summed E-state index contributed by atoms with van der Waals surface area (Å²) >= 11 is 0. The fraction of sp³-hybridized carbons (Fsp3) is 0.769. The molecule has 0 aromatic rings. The highest BCUT2D eigenvalue weighted by Crippen LogP contribution is 2.31. The molecule has 92 valence electrons. The van der Waals surface area contributed by atoms with Crippen molar-refractivity contribution in [1.29, 1.82) is 0 Å². The summed E-state index contributed by atoms with van der Waals surface area (Å²) in [6.45, 7) is 11.3. The van der Waals surface area contributed by atoms with Gasteiger partial charge in [0.2, 0.25) is 5.91 Å². The zero-order valence-corrected chi connectivity index (χ0v) is 11.1. The van der Waals surface area contributed by atoms with Crippen LogP contribution < -0.4 is 5.73 Å². The van der Waals surface area contributed by atoms with Crippen LogP contribution in [0.3, 0.4) is 0 Å². The molecule has 0 aromatic carbocycles. The van der Waals surface area contributed by atoms with Gasteiger partial charge >= 0.3 is 0 Å². The van der Waals surface area contributed by atoms with E-state index < -0.39 is 11.0 Å². The Bertz CT molecular complexity index is 310. The number of carbonyl (C=O) groups excluding carboxylic acids is 1. The second-order valence-corrected chi connectivity index (χ2v) is 5.91. The first-order chi connectivity index (χ1) is 7.16. The molecule has 0 aliphatic carbocycles. The van der Waals surface area contributed by atoms with E-state index in [-0.39, 0.29) is 5.91 Å². The zero-order valence-electron chi connectivity index (χ0n) is 11.1. The monoisotopic (exact) mass is 224 g/mol. The lowest BCUT2D eigenvalue weighted by Gasteiger charge is -2.41. The minimum absolute atomic E-state index is 0.160. The average Bonchev–Trinajstić information content (AvgIpc) is 2.14. The maximum Gasteiger partial charge on any atom is 0.230 e. The van der Waals surface area contributed by atoms with Crippen LogP contribution in [0.4, 0.5) is 0 Å². The topological polar surface area (TPSA) is 46.3 Å². The van der Waals surface area contributed by atoms with E-state index in [2.05, 4.69) is 13.0 Å². The van der Waals surface area contributed by atoms with E-state index in [0.29, 0.717) is 0 Å². The summed E-state index contributed by atoms with van der Waals surface area (Å²) in [6, 6.07) is 0. The van der Waals surface area contributed by atoms with Crippen LogP contribution in [0.1, 0.15) is 41.0 Å². The molecule has 0 saturated carbocycles. The lowest BCUT2D eigenvalue weighted by atomic mass is 9.74. The summed E-state index contributed by atoms with van der Waals surface area (Å²) in [5, 5.41) is 0. The van der Waals surface area contributed by atoms with Gasteiger partial charge in [0.05, 0.1) is 5.41 Å². The second kappa shape index (κ2) is 4.21. The largest absolute Gasteiger partial charge is 0.338 e. The third-order valence-corrected chi connectivity index (χ3v) is 3.76. The number of nitrogens with zero attached hydrogens (tertiary/aromatic N) is 1. The summed E-state index contributed by atoms with van der Waals surface area (Å²) in [5.41, 5.74) is 6.34. The number of amides is 1. The Hall–Kier alpha value is -0.830. The standard InChI is InChI=1S/C13H24N2O/c1-10-7-6-8-15(9-10)11(16)12(2,3)13(4,5)14/h7H,6,8-9,14H2,1-5H3. The van der Waals surface area contributed by atoms with E-state index in [9.17, 15) is 4.79 Å². The van der Waals surface area contributed by atoms with E-state index in [0.717, 1.165) is 19.5 Å². The van der Waals surface area contributed by atoms with Gasteiger partial charge in [-0.15, -0.1) is 0 Å². The smallest absolute Gasteiger partial charge is 0.230 e. The maximum absolute atomic E-state index is 12.4. The quantitative estimate of drug-likeness (QED) is 0.728. The van der Waals surface area contributed by atoms with Crippen LogP contribution in [0, 0.1) is 5.41 Å². The minimum Gasteiger partial charge on any atom is -0.338 e. The van der Waals surface area contributed by atoms with Crippen molar-refractivity contribution in [1.82, 2.24) is 4.90 Å². The Balaban J connectivity index is 2.83. The van der Waals surface area contributed by atoms with Crippen LogP contribution in [0.2, 0.25) is 0 Å². The molecule has 1 rings (SSSR count). The summed E-state index contributed by atoms with van der Waals surface area (Å²) in [4.78, 5) is 14.4. The van der Waals surface area contributed by atoms with Crippen molar-refractivity contribution in [3.8, 4) is 0 Å². The Morgan fingerprint density at radius 1 is 1.38 bits per heavy atom. The molecule has 1 aliphatic rings. The number of hydrogen-bond acceptors (Lipinski definition) is 2. The third kappa shape index (κ3) is 2.46. The molecular weight excluding hydrogens is 200 g/mol. The fourth-order valence-electron chi connectivity index (χ4n) is 1.76. The lowest BCUT2D eigenvalue weighted by Crippen LogP contribution is -2.57. The van der Waals surface area contributed by atoms with E-state index in [4.69, 9.17) is 5.73 Å². The molecule has 3 heteroatoms. The fourth-order valence-corrected chi connectivity index (χ4v) is 1.76. The SMILES string of the molecule is CC1=CCCN(C(=O)C(C)(C)C(C)(C)N)C1. The molecule has 0 spiro atoms. The normalized spacial score (nSPS) is 18.4. The Kier molecular flexibility index (Phi) is 3.48. The highest BCUT2D eigenvalue weighted by Gasteiger charge is 2.42. The van der Waals surface area contributed by atoms with E-state index in [1.807, 2.05) is 32.6 Å². The van der Waals surface area contributed by atoms with Crippen molar-refractivity contribution < 1.29 is 4.79 Å². The molecule has 16 heavy (non-hydrogen) atoms. The van der Waals surface area contributed by atoms with Gasteiger partial charge in [-0.1, -0.05) is 11.6 Å². The van der Waals surface area contributed by atoms with Crippen molar-refractivity contribution in [2.45, 2.75) is 46.6 Å². The number of rotatable bonds is 2. The number of hydrogen-bond donors (Lipinski definition) is 1. The van der Waals surface area contributed by atoms with Crippen LogP contribution in [-0.4, -0.2) is 29.4 Å². The van der Waals surface area contributed by atoms with Crippen molar-refractivity contribution in [3.05, 3.63) is 11.6 Å². The lowest BCUT2D eigenvalue weighted by molar-refractivity contribution is -0.143. The Morgan fingerprint density at radius 2 is 1.94 bits per heavy atom. The molecule has 0 unspecified atom stereocenters. The van der Waals surface area contributed by atoms with Gasteiger partial charge in [-0.05, 0) is 41.0 Å². The maximum atomic E-state index is 12.4. The highest BCUT2D eigenvalue weighted by molar-refractivity contribution is 5.83. The molecule has 1 aliphatic heterocycles. The molecule has 0 radical (unpaired) electrons. The molecule has 1 amide bonds. The van der Waals surface area contributed by atoms with Gasteiger partial charge in [0.25, 0.3) is 0 Å². The molecule has 1 heterocycles. The van der Waals surface area contributed by atoms with Crippen molar-refractivity contribution in [2.24, 2.45) is 11.1 Å². The molecular formula is C13H24N2O. The van der Waals surface area contributed by atoms with Gasteiger partial charge in [0.1, 0.15) is 0 Å². The summed E-state index contributed by atoms with van der Waals surface area (Å²) in [7, 11) is 0. The third-order valence-electron chi connectivity index (χ3n) is 3.76. The molecule has 0 fully saturated rings. The van der Waals surface area contributed by atoms with Gasteiger partial charge in [-0.3, -0.25) is 4.79 Å². The van der Waals surface area contributed by atoms with E-state index in [1.54, 1.807) is 0 Å². The van der Waals surface area contributed by atoms with Crippen LogP contribution in [0.15, 0.2) is 11.6 Å². The molecule has 0 saturated heterocycles. The summed E-state index contributed by atoms with van der Waals surface area (Å²) in [6.07, 6.45) is 3.16. The first kappa shape index (κ1) is 13.2. The molecule has 3 nitrogen and oxygen atoms in total. The van der Waals surface area contributed by atoms with Gasteiger partial charge in [-0.25, -0.2) is 0 Å². The Morgan fingerprint density at radius 3 is 2.38 bits per heavy atom. The first-order valence-corrected chi connectivity index (χ1v) is 5.90. The van der Waals surface area contributed by atoms with Crippen molar-refractivity contribution in [2.75, 3.05) is 13.1 Å². The van der Waals surface area contributed by atoms with Gasteiger partial charge in [-0.2, -0.15) is 0 Å². The highest BCUT2D eigenvalue weighted by atomic mass is 16.2. The van der Waals surface area contributed by atoms with Crippen molar-refractivity contribution in [3.63, 3.8) is 0 Å². The number of carbonyl (C=O) groups is 1. The number of nitrogens with two attached hydrogens (primary N) is 1. The zero-order chi connectivity index (χ0) is 12.6. The first-order valence-electron chi connectivity index (χ1n) is 5.90. The van der Waals surface area contributed by atoms with Gasteiger partial charge < -0.3 is 10.6 Å². The molecule has 0 aromatic heterocycles. The molecule has 0 bridgehead atoms. The van der Waals surface area contributed by atoms with Crippen LogP contribution >= 0.6 is 0 Å². The van der Waals surface area contributed by atoms with E-state index >= 15 is 0 Å². The van der Waals surface area contributed by atoms with Crippen LogP contribution in [-0.2, 0) is 4.79 Å². The molecule has 2 N–H and O–H groups in total. The molecule has 0 atom stereocenters. The predicted octanol–water partition coefficient (Wildman–Crippen LogP) is 1.93. The van der Waals surface area contributed by atoms with Crippen molar-refractivity contribution >= 4 is 5.91 Å². The second-order valence-electron chi connectivity index (χ2n) is 5.91. The van der Waals surface area contributed by atoms with Gasteiger partial charge in [0, 0.05) is 18.6 Å². The van der Waals surface area contributed by atoms with Gasteiger partial charge in [0.15, 0.2) is 0 Å². The van der Waals surface area contributed by atoms with E-state index in [1.165, 1.54) is 5.57 Å². The average molecular weight is 224 g/mol. The summed E-state index contributed by atoms with van der Waals surface area (Å²) in [5.74, 6) is 0.160. The Labute approximate surface area is 98.7 Å².